The third-order valence-electron chi connectivity index (χ3n) is 5.22. The van der Waals surface area contributed by atoms with Crippen LogP contribution in [0.25, 0.3) is 0 Å². The zero-order valence-electron chi connectivity index (χ0n) is 14.0. The van der Waals surface area contributed by atoms with E-state index in [1.54, 1.807) is 0 Å². The summed E-state index contributed by atoms with van der Waals surface area (Å²) in [7, 11) is 0. The molecule has 0 saturated carbocycles. The number of aromatic nitrogens is 1. The molecule has 25 heavy (non-hydrogen) atoms. The Bertz CT molecular complexity index is 738. The highest BCUT2D eigenvalue weighted by Crippen LogP contribution is 2.34. The van der Waals surface area contributed by atoms with Gasteiger partial charge >= 0.3 is 0 Å². The Labute approximate surface area is 146 Å². The first-order valence-corrected chi connectivity index (χ1v) is 8.74. The van der Waals surface area contributed by atoms with Crippen LogP contribution in [0.1, 0.15) is 28.9 Å². The fourth-order valence-electron chi connectivity index (χ4n) is 4.00. The minimum absolute atomic E-state index is 0.0456. The van der Waals surface area contributed by atoms with Crippen molar-refractivity contribution in [2.24, 2.45) is 5.92 Å². The molecule has 2 aromatic rings. The number of piperidine rings is 1. The average molecular weight is 340 g/mol. The number of nitrogens with zero attached hydrogens (tertiary/aromatic N) is 2. The fourth-order valence-corrected chi connectivity index (χ4v) is 4.00. The first-order valence-electron chi connectivity index (χ1n) is 8.74. The standard InChI is InChI=1S/C20H21FN2O2/c21-16-6-7-22-19(10-16)20(24)15-8-17-12-25-13-18(9-15)23(17)11-14-4-2-1-3-5-14/h1-7,10,15,17-18H,8-9,11-13H2. The van der Waals surface area contributed by atoms with Gasteiger partial charge in [-0.15, -0.1) is 0 Å². The number of hydrogen-bond donors (Lipinski definition) is 0. The van der Waals surface area contributed by atoms with Crippen molar-refractivity contribution in [1.82, 2.24) is 9.88 Å². The first kappa shape index (κ1) is 16.4. The van der Waals surface area contributed by atoms with Gasteiger partial charge in [-0.3, -0.25) is 14.7 Å². The lowest BCUT2D eigenvalue weighted by Gasteiger charge is -2.48. The number of carbonyl (C=O) groups excluding carboxylic acids is 1. The van der Waals surface area contributed by atoms with Crippen molar-refractivity contribution in [2.75, 3.05) is 13.2 Å². The normalized spacial score (nSPS) is 26.4. The number of rotatable bonds is 4. The molecule has 2 bridgehead atoms. The Morgan fingerprint density at radius 1 is 1.16 bits per heavy atom. The molecule has 2 aliphatic rings. The summed E-state index contributed by atoms with van der Waals surface area (Å²) in [5, 5.41) is 0. The van der Waals surface area contributed by atoms with Gasteiger partial charge in [0.25, 0.3) is 0 Å². The molecule has 3 heterocycles. The van der Waals surface area contributed by atoms with E-state index in [9.17, 15) is 9.18 Å². The van der Waals surface area contributed by atoms with Crippen LogP contribution in [0.15, 0.2) is 48.7 Å². The Morgan fingerprint density at radius 2 is 1.88 bits per heavy atom. The van der Waals surface area contributed by atoms with E-state index in [1.807, 2.05) is 18.2 Å². The number of fused-ring (bicyclic) bond motifs is 2. The summed E-state index contributed by atoms with van der Waals surface area (Å²) in [6.45, 7) is 2.16. The largest absolute Gasteiger partial charge is 0.378 e. The van der Waals surface area contributed by atoms with Crippen molar-refractivity contribution in [3.05, 3.63) is 65.7 Å². The minimum Gasteiger partial charge on any atom is -0.378 e. The molecule has 4 nitrogen and oxygen atoms in total. The van der Waals surface area contributed by atoms with Gasteiger partial charge in [-0.05, 0) is 24.5 Å². The van der Waals surface area contributed by atoms with Gasteiger partial charge in [0, 0.05) is 36.8 Å². The summed E-state index contributed by atoms with van der Waals surface area (Å²) < 4.78 is 19.1. The van der Waals surface area contributed by atoms with Crippen LogP contribution in [0, 0.1) is 11.7 Å². The van der Waals surface area contributed by atoms with Crippen LogP contribution < -0.4 is 0 Å². The number of pyridine rings is 1. The number of benzene rings is 1. The van der Waals surface area contributed by atoms with Crippen molar-refractivity contribution in [1.29, 1.82) is 0 Å². The molecule has 1 aromatic heterocycles. The van der Waals surface area contributed by atoms with E-state index in [0.29, 0.717) is 13.2 Å². The highest BCUT2D eigenvalue weighted by molar-refractivity contribution is 5.96. The average Bonchev–Trinajstić information content (AvgIpc) is 2.62. The van der Waals surface area contributed by atoms with Gasteiger partial charge in [-0.1, -0.05) is 30.3 Å². The predicted molar refractivity (Wildman–Crippen MR) is 91.6 cm³/mol. The second-order valence-corrected chi connectivity index (χ2v) is 6.89. The van der Waals surface area contributed by atoms with Crippen molar-refractivity contribution >= 4 is 5.78 Å². The predicted octanol–water partition coefficient (Wildman–Crippen LogP) is 3.08. The summed E-state index contributed by atoms with van der Waals surface area (Å²) in [5.74, 6) is -0.570. The monoisotopic (exact) mass is 340 g/mol. The van der Waals surface area contributed by atoms with Gasteiger partial charge in [0.15, 0.2) is 5.78 Å². The minimum atomic E-state index is -0.414. The molecule has 1 aromatic carbocycles. The Kier molecular flexibility index (Phi) is 4.59. The number of ketones is 1. The summed E-state index contributed by atoms with van der Waals surface area (Å²) >= 11 is 0. The molecule has 2 aliphatic heterocycles. The molecule has 0 N–H and O–H groups in total. The summed E-state index contributed by atoms with van der Waals surface area (Å²) in [5.41, 5.74) is 1.51. The van der Waals surface area contributed by atoms with Gasteiger partial charge in [0.2, 0.25) is 0 Å². The lowest BCUT2D eigenvalue weighted by Crippen LogP contribution is -2.57. The smallest absolute Gasteiger partial charge is 0.184 e. The van der Waals surface area contributed by atoms with Crippen LogP contribution in [0.3, 0.4) is 0 Å². The van der Waals surface area contributed by atoms with E-state index < -0.39 is 5.82 Å². The van der Waals surface area contributed by atoms with E-state index in [0.717, 1.165) is 19.4 Å². The molecule has 5 heteroatoms. The molecular formula is C20H21FN2O2. The SMILES string of the molecule is O=C(c1cc(F)ccn1)C1CC2COCC(C1)N2Cc1ccccc1. The molecule has 2 unspecified atom stereocenters. The van der Waals surface area contributed by atoms with Crippen molar-refractivity contribution in [3.8, 4) is 0 Å². The maximum absolute atomic E-state index is 13.4. The molecule has 130 valence electrons. The van der Waals surface area contributed by atoms with Crippen molar-refractivity contribution in [3.63, 3.8) is 0 Å². The van der Waals surface area contributed by atoms with Crippen LogP contribution in [0.2, 0.25) is 0 Å². The Balaban J connectivity index is 1.50. The molecule has 4 rings (SSSR count). The maximum Gasteiger partial charge on any atom is 0.184 e. The third-order valence-corrected chi connectivity index (χ3v) is 5.22. The number of ether oxygens (including phenoxy) is 1. The second kappa shape index (κ2) is 7.02. The number of hydrogen-bond acceptors (Lipinski definition) is 4. The summed E-state index contributed by atoms with van der Waals surface area (Å²) in [4.78, 5) is 19.3. The zero-order chi connectivity index (χ0) is 17.2. The molecule has 0 amide bonds. The molecule has 0 spiro atoms. The maximum atomic E-state index is 13.4. The van der Waals surface area contributed by atoms with Gasteiger partial charge in [0.05, 0.1) is 13.2 Å². The molecule has 0 aliphatic carbocycles. The van der Waals surface area contributed by atoms with Crippen LogP contribution in [-0.4, -0.2) is 41.0 Å². The lowest BCUT2D eigenvalue weighted by molar-refractivity contribution is -0.0873. The Hall–Kier alpha value is -2.11. The topological polar surface area (TPSA) is 42.4 Å². The molecule has 2 fully saturated rings. The van der Waals surface area contributed by atoms with Crippen molar-refractivity contribution < 1.29 is 13.9 Å². The number of carbonyl (C=O) groups is 1. The van der Waals surface area contributed by atoms with Crippen molar-refractivity contribution in [2.45, 2.75) is 31.5 Å². The van der Waals surface area contributed by atoms with E-state index in [1.165, 1.54) is 23.9 Å². The van der Waals surface area contributed by atoms with Crippen LogP contribution in [0.4, 0.5) is 4.39 Å². The lowest BCUT2D eigenvalue weighted by atomic mass is 9.81. The molecule has 0 radical (unpaired) electrons. The quantitative estimate of drug-likeness (QED) is 0.802. The highest BCUT2D eigenvalue weighted by atomic mass is 19.1. The van der Waals surface area contributed by atoms with E-state index in [4.69, 9.17) is 4.74 Å². The van der Waals surface area contributed by atoms with Crippen LogP contribution in [-0.2, 0) is 11.3 Å². The van der Waals surface area contributed by atoms with Gasteiger partial charge < -0.3 is 4.74 Å². The molecule has 2 saturated heterocycles. The van der Waals surface area contributed by atoms with Gasteiger partial charge in [-0.25, -0.2) is 4.39 Å². The van der Waals surface area contributed by atoms with Gasteiger partial charge in [0.1, 0.15) is 11.5 Å². The Morgan fingerprint density at radius 3 is 2.56 bits per heavy atom. The number of morpholine rings is 1. The summed E-state index contributed by atoms with van der Waals surface area (Å²) in [6.07, 6.45) is 2.83. The number of Topliss-reactive ketones (excluding diaryl/α,β-unsaturated/α-hetero) is 1. The zero-order valence-corrected chi connectivity index (χ0v) is 14.0. The first-order chi connectivity index (χ1) is 12.2. The highest BCUT2D eigenvalue weighted by Gasteiger charge is 2.41. The third kappa shape index (κ3) is 3.48. The van der Waals surface area contributed by atoms with Gasteiger partial charge in [-0.2, -0.15) is 0 Å². The number of halogens is 1. The van der Waals surface area contributed by atoms with Crippen LogP contribution >= 0.6 is 0 Å². The fraction of sp³-hybridized carbons (Fsp3) is 0.400. The van der Waals surface area contributed by atoms with Crippen LogP contribution in [0.5, 0.6) is 0 Å². The second-order valence-electron chi connectivity index (χ2n) is 6.89. The summed E-state index contributed by atoms with van der Waals surface area (Å²) in [6, 6.07) is 13.3. The molecule has 2 atom stereocenters. The molecular weight excluding hydrogens is 319 g/mol. The van der Waals surface area contributed by atoms with E-state index >= 15 is 0 Å². The van der Waals surface area contributed by atoms with E-state index in [-0.39, 0.29) is 29.5 Å². The van der Waals surface area contributed by atoms with E-state index in [2.05, 4.69) is 22.0 Å².